The average molecular weight is 550 g/mol. The van der Waals surface area contributed by atoms with Crippen LogP contribution in [0.5, 0.6) is 0 Å². The van der Waals surface area contributed by atoms with Gasteiger partial charge in [0.15, 0.2) is 18.5 Å². The molecule has 5 heterocycles. The van der Waals surface area contributed by atoms with Gasteiger partial charge >= 0.3 is 5.97 Å². The molecule has 1 aliphatic carbocycles. The van der Waals surface area contributed by atoms with Crippen LogP contribution in [0.15, 0.2) is 35.8 Å². The number of nitrogens with zero attached hydrogens (tertiary/aromatic N) is 3. The number of thiophene rings is 1. The van der Waals surface area contributed by atoms with Crippen LogP contribution in [-0.2, 0) is 19.7 Å². The number of carbonyl (C=O) groups is 2. The van der Waals surface area contributed by atoms with Gasteiger partial charge in [-0.25, -0.2) is 0 Å². The Morgan fingerprint density at radius 2 is 1.88 bits per heavy atom. The Balaban J connectivity index is 0.00000274. The number of quaternary nitrogens is 1. The summed E-state index contributed by atoms with van der Waals surface area (Å²) in [5.74, 6) is 0.789. The summed E-state index contributed by atoms with van der Waals surface area (Å²) in [4.78, 5) is 27.7. The number of anilines is 1. The number of ether oxygens (including phenoxy) is 1. The first kappa shape index (κ1) is 25.3. The van der Waals surface area contributed by atoms with Gasteiger partial charge in [0.1, 0.15) is 12.0 Å². The summed E-state index contributed by atoms with van der Waals surface area (Å²) < 4.78 is 7.06. The lowest BCUT2D eigenvalue weighted by Gasteiger charge is -2.52. The summed E-state index contributed by atoms with van der Waals surface area (Å²) in [7, 11) is 0. The van der Waals surface area contributed by atoms with Crippen molar-refractivity contribution >= 4 is 29.0 Å². The highest BCUT2D eigenvalue weighted by Crippen LogP contribution is 2.43. The van der Waals surface area contributed by atoms with E-state index in [-0.39, 0.29) is 35.0 Å². The molecule has 4 aliphatic rings. The third-order valence-corrected chi connectivity index (χ3v) is 9.03. The maximum atomic E-state index is 13.8. The Hall–Kier alpha value is -1.84. The van der Waals surface area contributed by atoms with Gasteiger partial charge in [-0.1, -0.05) is 31.7 Å². The van der Waals surface area contributed by atoms with E-state index in [1.165, 1.54) is 12.8 Å². The number of aromatic nitrogens is 2. The van der Waals surface area contributed by atoms with Crippen molar-refractivity contribution < 1.29 is 35.8 Å². The molecule has 7 nitrogen and oxygen atoms in total. The minimum atomic E-state index is -0.495. The van der Waals surface area contributed by atoms with E-state index < -0.39 is 5.41 Å². The predicted octanol–water partition coefficient (Wildman–Crippen LogP) is 0.925. The van der Waals surface area contributed by atoms with Crippen molar-refractivity contribution in [1.29, 1.82) is 0 Å². The summed E-state index contributed by atoms with van der Waals surface area (Å²) in [5, 5.41) is 12.7. The van der Waals surface area contributed by atoms with E-state index >= 15 is 0 Å². The van der Waals surface area contributed by atoms with Crippen LogP contribution in [0.2, 0.25) is 0 Å². The molecule has 2 aromatic rings. The van der Waals surface area contributed by atoms with E-state index in [0.717, 1.165) is 63.0 Å². The van der Waals surface area contributed by atoms with Gasteiger partial charge in [-0.15, -0.1) is 16.4 Å². The van der Waals surface area contributed by atoms with Gasteiger partial charge in [0.05, 0.1) is 13.1 Å². The molecule has 3 saturated heterocycles. The number of esters is 1. The van der Waals surface area contributed by atoms with E-state index in [4.69, 9.17) is 4.74 Å². The number of piperidine rings is 3. The Morgan fingerprint density at radius 3 is 2.53 bits per heavy atom. The number of amides is 1. The normalized spacial score (nSPS) is 27.8. The molecule has 1 N–H and O–H groups in total. The van der Waals surface area contributed by atoms with Gasteiger partial charge in [0, 0.05) is 29.8 Å². The standard InChI is InChI=1S/C25H32N4O3S.BrH/c30-23(27-22-8-5-13-26-28-22)18-29-14-9-19(10-15-29)20(17-29)32-24(31)25(21-7-6-16-33-21)11-3-1-2-4-12-25;/h5-8,13,16,19-20H,1-4,9-12,14-15,17-18H2;1H/t19?,20-,29?;/m0./s1. The molecule has 3 aliphatic heterocycles. The van der Waals surface area contributed by atoms with Crippen molar-refractivity contribution in [3.63, 3.8) is 0 Å². The highest BCUT2D eigenvalue weighted by atomic mass is 79.9. The Morgan fingerprint density at radius 1 is 1.12 bits per heavy atom. The molecule has 184 valence electrons. The number of hydrogen-bond donors (Lipinski definition) is 1. The summed E-state index contributed by atoms with van der Waals surface area (Å²) in [6.07, 6.45) is 9.76. The van der Waals surface area contributed by atoms with Gasteiger partial charge in [-0.2, -0.15) is 5.10 Å². The summed E-state index contributed by atoms with van der Waals surface area (Å²) in [6.45, 7) is 3.03. The first-order chi connectivity index (χ1) is 16.1. The number of fused-ring (bicyclic) bond motifs is 3. The monoisotopic (exact) mass is 548 g/mol. The molecule has 0 radical (unpaired) electrons. The van der Waals surface area contributed by atoms with Gasteiger partial charge in [-0.3, -0.25) is 9.59 Å². The van der Waals surface area contributed by atoms with Crippen molar-refractivity contribution in [2.45, 2.75) is 62.9 Å². The molecule has 1 saturated carbocycles. The van der Waals surface area contributed by atoms with Gasteiger partial charge < -0.3 is 31.5 Å². The molecule has 2 aromatic heterocycles. The molecule has 4 fully saturated rings. The topological polar surface area (TPSA) is 81.2 Å². The van der Waals surface area contributed by atoms with Crippen LogP contribution in [0.25, 0.3) is 0 Å². The maximum absolute atomic E-state index is 13.8. The van der Waals surface area contributed by atoms with Crippen LogP contribution in [-0.4, -0.2) is 58.8 Å². The highest BCUT2D eigenvalue weighted by molar-refractivity contribution is 7.10. The van der Waals surface area contributed by atoms with Crippen molar-refractivity contribution in [1.82, 2.24) is 10.2 Å². The number of rotatable bonds is 6. The third kappa shape index (κ3) is 5.21. The zero-order valence-electron chi connectivity index (χ0n) is 19.5. The molecule has 0 aromatic carbocycles. The van der Waals surface area contributed by atoms with E-state index in [1.54, 1.807) is 29.7 Å². The Bertz CT molecular complexity index is 956. The first-order valence-corrected chi connectivity index (χ1v) is 13.1. The lowest BCUT2D eigenvalue weighted by atomic mass is 9.78. The largest absolute Gasteiger partial charge is 1.00 e. The molecule has 2 bridgehead atoms. The lowest BCUT2D eigenvalue weighted by molar-refractivity contribution is -0.939. The number of hydrogen-bond acceptors (Lipinski definition) is 6. The lowest BCUT2D eigenvalue weighted by Crippen LogP contribution is -3.00. The van der Waals surface area contributed by atoms with Crippen LogP contribution in [0.1, 0.15) is 56.2 Å². The fourth-order valence-corrected chi connectivity index (χ4v) is 7.09. The SMILES string of the molecule is O=C(C[N+]12CCC(CC1)[C@@H](OC(=O)C1(c3cccs3)CCCCCC1)C2)Nc1cccnn1.[Br-]. The molecular weight excluding hydrogens is 516 g/mol. The van der Waals surface area contributed by atoms with Crippen LogP contribution < -0.4 is 22.3 Å². The molecule has 0 spiro atoms. The molecular formula is C25H33BrN4O3S. The van der Waals surface area contributed by atoms with Crippen LogP contribution >= 0.6 is 11.3 Å². The van der Waals surface area contributed by atoms with Crippen molar-refractivity contribution in [2.24, 2.45) is 5.92 Å². The van der Waals surface area contributed by atoms with Crippen molar-refractivity contribution in [3.8, 4) is 0 Å². The zero-order valence-corrected chi connectivity index (χ0v) is 21.9. The van der Waals surface area contributed by atoms with Crippen LogP contribution in [0.3, 0.4) is 0 Å². The van der Waals surface area contributed by atoms with Gasteiger partial charge in [-0.05, 0) is 36.4 Å². The first-order valence-electron chi connectivity index (χ1n) is 12.3. The van der Waals surface area contributed by atoms with Gasteiger partial charge in [0.2, 0.25) is 0 Å². The van der Waals surface area contributed by atoms with Crippen LogP contribution in [0, 0.1) is 5.92 Å². The van der Waals surface area contributed by atoms with Gasteiger partial charge in [0.25, 0.3) is 5.91 Å². The molecule has 1 amide bonds. The second kappa shape index (κ2) is 10.8. The predicted molar refractivity (Wildman–Crippen MR) is 127 cm³/mol. The quantitative estimate of drug-likeness (QED) is 0.330. The molecule has 0 unspecified atom stereocenters. The zero-order chi connectivity index (χ0) is 22.7. The molecule has 34 heavy (non-hydrogen) atoms. The smallest absolute Gasteiger partial charge is 0.317 e. The Kier molecular flexibility index (Phi) is 8.05. The second-order valence-corrected chi connectivity index (χ2v) is 11.0. The fourth-order valence-electron chi connectivity index (χ4n) is 6.12. The summed E-state index contributed by atoms with van der Waals surface area (Å²) in [5.41, 5.74) is -0.495. The van der Waals surface area contributed by atoms with Crippen molar-refractivity contribution in [3.05, 3.63) is 40.7 Å². The molecule has 6 rings (SSSR count). The summed E-state index contributed by atoms with van der Waals surface area (Å²) >= 11 is 1.68. The maximum Gasteiger partial charge on any atom is 0.317 e. The fraction of sp³-hybridized carbons (Fsp3) is 0.600. The molecule has 9 heteroatoms. The Labute approximate surface area is 215 Å². The summed E-state index contributed by atoms with van der Waals surface area (Å²) in [6, 6.07) is 7.66. The minimum Gasteiger partial charge on any atom is -1.00 e. The van der Waals surface area contributed by atoms with E-state index in [9.17, 15) is 9.59 Å². The minimum absolute atomic E-state index is 0. The van der Waals surface area contributed by atoms with E-state index in [0.29, 0.717) is 22.8 Å². The number of nitrogens with one attached hydrogen (secondary N) is 1. The van der Waals surface area contributed by atoms with E-state index in [2.05, 4.69) is 27.0 Å². The number of carbonyl (C=O) groups excluding carboxylic acids is 2. The molecule has 1 atom stereocenters. The van der Waals surface area contributed by atoms with Crippen molar-refractivity contribution in [2.75, 3.05) is 31.5 Å². The second-order valence-electron chi connectivity index (χ2n) is 10.0. The highest BCUT2D eigenvalue weighted by Gasteiger charge is 2.51. The third-order valence-electron chi connectivity index (χ3n) is 7.96. The van der Waals surface area contributed by atoms with Crippen LogP contribution in [0.4, 0.5) is 5.82 Å². The average Bonchev–Trinajstić information content (AvgIpc) is 3.25. The number of halogens is 1. The van der Waals surface area contributed by atoms with E-state index in [1.807, 2.05) is 6.07 Å².